The minimum atomic E-state index is -0.694. The van der Waals surface area contributed by atoms with Crippen molar-refractivity contribution in [2.24, 2.45) is 17.8 Å². The van der Waals surface area contributed by atoms with Gasteiger partial charge in [-0.05, 0) is 43.4 Å². The van der Waals surface area contributed by atoms with E-state index < -0.39 is 5.97 Å². The summed E-state index contributed by atoms with van der Waals surface area (Å²) in [6, 6.07) is 0. The van der Waals surface area contributed by atoms with Gasteiger partial charge in [-0.15, -0.1) is 0 Å². The smallest absolute Gasteiger partial charge is 0.305 e. The second-order valence-corrected chi connectivity index (χ2v) is 13.4. The van der Waals surface area contributed by atoms with Crippen LogP contribution in [0.5, 0.6) is 0 Å². The molecule has 0 rings (SSSR count). The predicted octanol–water partition coefficient (Wildman–Crippen LogP) is 11.7. The van der Waals surface area contributed by atoms with Crippen LogP contribution in [0.25, 0.3) is 0 Å². The van der Waals surface area contributed by atoms with E-state index in [2.05, 4.69) is 27.7 Å². The van der Waals surface area contributed by atoms with Gasteiger partial charge in [0.2, 0.25) is 0 Å². The highest BCUT2D eigenvalue weighted by molar-refractivity contribution is 5.69. The summed E-state index contributed by atoms with van der Waals surface area (Å²) in [5, 5.41) is 8.93. The lowest BCUT2D eigenvalue weighted by molar-refractivity contribution is -0.144. The number of esters is 1. The summed E-state index contributed by atoms with van der Waals surface area (Å²) in [6.07, 6.45) is 30.5. The molecule has 0 aromatic rings. The third kappa shape index (κ3) is 31.5. The van der Waals surface area contributed by atoms with Gasteiger partial charge in [-0.2, -0.15) is 0 Å². The molecule has 0 spiro atoms. The van der Waals surface area contributed by atoms with Crippen LogP contribution in [0.3, 0.4) is 0 Å². The number of unbranched alkanes of at least 4 members (excludes halogenated alkanes) is 15. The molecule has 4 heteroatoms. The van der Waals surface area contributed by atoms with Gasteiger partial charge in [-0.1, -0.05) is 156 Å². The Morgan fingerprint density at radius 3 is 1.30 bits per heavy atom. The molecule has 0 heterocycles. The Kier molecular flexibility index (Phi) is 28.7. The maximum atomic E-state index is 12.2. The van der Waals surface area contributed by atoms with Crippen molar-refractivity contribution in [1.82, 2.24) is 0 Å². The highest BCUT2D eigenvalue weighted by atomic mass is 16.5. The van der Waals surface area contributed by atoms with Crippen LogP contribution in [-0.2, 0) is 14.3 Å². The first-order valence-electron chi connectivity index (χ1n) is 17.7. The van der Waals surface area contributed by atoms with Gasteiger partial charge >= 0.3 is 11.9 Å². The lowest BCUT2D eigenvalue weighted by Crippen LogP contribution is -2.08. The van der Waals surface area contributed by atoms with Gasteiger partial charge in [0.1, 0.15) is 0 Å². The van der Waals surface area contributed by atoms with Gasteiger partial charge < -0.3 is 9.84 Å². The lowest BCUT2D eigenvalue weighted by atomic mass is 9.90. The molecule has 0 bridgehead atoms. The average molecular weight is 567 g/mol. The molecule has 4 nitrogen and oxygen atoms in total. The molecule has 40 heavy (non-hydrogen) atoms. The third-order valence-electron chi connectivity index (χ3n) is 8.33. The van der Waals surface area contributed by atoms with E-state index >= 15 is 0 Å². The van der Waals surface area contributed by atoms with Crippen LogP contribution in [0, 0.1) is 17.8 Å². The summed E-state index contributed by atoms with van der Waals surface area (Å²) >= 11 is 0. The predicted molar refractivity (Wildman–Crippen MR) is 172 cm³/mol. The van der Waals surface area contributed by atoms with E-state index in [0.717, 1.165) is 56.8 Å². The maximum Gasteiger partial charge on any atom is 0.305 e. The molecule has 238 valence electrons. The highest BCUT2D eigenvalue weighted by Gasteiger charge is 2.11. The van der Waals surface area contributed by atoms with Crippen molar-refractivity contribution in [3.8, 4) is 0 Å². The van der Waals surface area contributed by atoms with Crippen LogP contribution in [0.2, 0.25) is 0 Å². The van der Waals surface area contributed by atoms with E-state index in [-0.39, 0.29) is 12.4 Å². The zero-order chi connectivity index (χ0) is 29.7. The molecule has 0 amide bonds. The molecule has 0 saturated carbocycles. The highest BCUT2D eigenvalue weighted by Crippen LogP contribution is 2.24. The summed E-state index contributed by atoms with van der Waals surface area (Å²) < 4.78 is 5.50. The Hall–Kier alpha value is -1.06. The summed E-state index contributed by atoms with van der Waals surface area (Å²) in [5.41, 5.74) is 0. The molecule has 0 fully saturated rings. The number of hydrogen-bond donors (Lipinski definition) is 1. The molecule has 0 aliphatic heterocycles. The SMILES string of the molecule is CC(C)CCCCCCCCCCOC(=O)CCCC(CCCCCCCCCCC(C)C)CCCCC(=O)O. The first-order valence-corrected chi connectivity index (χ1v) is 17.7. The number of rotatable bonds is 31. The Balaban J connectivity index is 3.87. The second kappa shape index (κ2) is 29.4. The van der Waals surface area contributed by atoms with E-state index in [4.69, 9.17) is 9.84 Å². The lowest BCUT2D eigenvalue weighted by Gasteiger charge is -2.17. The summed E-state index contributed by atoms with van der Waals surface area (Å²) in [7, 11) is 0. The van der Waals surface area contributed by atoms with Crippen LogP contribution in [0.15, 0.2) is 0 Å². The largest absolute Gasteiger partial charge is 0.481 e. The van der Waals surface area contributed by atoms with Crippen LogP contribution in [0.4, 0.5) is 0 Å². The van der Waals surface area contributed by atoms with Crippen molar-refractivity contribution in [2.45, 2.75) is 195 Å². The molecule has 0 saturated heterocycles. The van der Waals surface area contributed by atoms with Crippen molar-refractivity contribution < 1.29 is 19.4 Å². The minimum Gasteiger partial charge on any atom is -0.481 e. The third-order valence-corrected chi connectivity index (χ3v) is 8.33. The molecular formula is C36H70O4. The topological polar surface area (TPSA) is 63.6 Å². The molecule has 0 aliphatic rings. The van der Waals surface area contributed by atoms with E-state index in [1.165, 1.54) is 109 Å². The van der Waals surface area contributed by atoms with Gasteiger partial charge in [0.05, 0.1) is 6.61 Å². The molecule has 0 aromatic heterocycles. The van der Waals surface area contributed by atoms with Gasteiger partial charge in [-0.3, -0.25) is 9.59 Å². The zero-order valence-electron chi connectivity index (χ0n) is 27.5. The molecule has 0 aromatic carbocycles. The number of ether oxygens (including phenoxy) is 1. The Labute approximate surface area is 250 Å². The fourth-order valence-corrected chi connectivity index (χ4v) is 5.70. The van der Waals surface area contributed by atoms with Crippen LogP contribution in [0.1, 0.15) is 195 Å². The number of carboxylic acids is 1. The second-order valence-electron chi connectivity index (χ2n) is 13.4. The fourth-order valence-electron chi connectivity index (χ4n) is 5.70. The van der Waals surface area contributed by atoms with Crippen LogP contribution < -0.4 is 0 Å². The van der Waals surface area contributed by atoms with Crippen molar-refractivity contribution >= 4 is 11.9 Å². The molecule has 1 atom stereocenters. The summed E-state index contributed by atoms with van der Waals surface area (Å²) in [4.78, 5) is 23.1. The van der Waals surface area contributed by atoms with Crippen LogP contribution >= 0.6 is 0 Å². The van der Waals surface area contributed by atoms with E-state index in [0.29, 0.717) is 18.9 Å². The van der Waals surface area contributed by atoms with Crippen molar-refractivity contribution in [1.29, 1.82) is 0 Å². The van der Waals surface area contributed by atoms with Crippen LogP contribution in [-0.4, -0.2) is 23.7 Å². The monoisotopic (exact) mass is 567 g/mol. The first kappa shape index (κ1) is 38.9. The van der Waals surface area contributed by atoms with Crippen molar-refractivity contribution in [3.63, 3.8) is 0 Å². The average Bonchev–Trinajstić information content (AvgIpc) is 2.89. The van der Waals surface area contributed by atoms with E-state index in [9.17, 15) is 9.59 Å². The quantitative estimate of drug-likeness (QED) is 0.0669. The first-order chi connectivity index (χ1) is 19.3. The Morgan fingerprint density at radius 1 is 0.475 bits per heavy atom. The zero-order valence-corrected chi connectivity index (χ0v) is 27.5. The number of hydrogen-bond acceptors (Lipinski definition) is 3. The minimum absolute atomic E-state index is 0.0387. The molecule has 1 unspecified atom stereocenters. The molecular weight excluding hydrogens is 496 g/mol. The number of carbonyl (C=O) groups excluding carboxylic acids is 1. The van der Waals surface area contributed by atoms with Gasteiger partial charge in [0, 0.05) is 12.8 Å². The van der Waals surface area contributed by atoms with E-state index in [1.807, 2.05) is 0 Å². The molecule has 1 N–H and O–H groups in total. The standard InChI is InChI=1S/C36H70O4/c1-32(2)24-17-13-9-5-6-11-15-19-26-34(27-20-21-29-35(37)38)28-23-30-36(39)40-31-22-16-12-8-7-10-14-18-25-33(3)4/h32-34H,5-31H2,1-4H3,(H,37,38). The van der Waals surface area contributed by atoms with E-state index in [1.54, 1.807) is 0 Å². The summed E-state index contributed by atoms with van der Waals surface area (Å²) in [5.74, 6) is 1.55. The van der Waals surface area contributed by atoms with Crippen molar-refractivity contribution in [2.75, 3.05) is 6.61 Å². The molecule has 0 aliphatic carbocycles. The van der Waals surface area contributed by atoms with Gasteiger partial charge in [0.15, 0.2) is 0 Å². The fraction of sp³-hybridized carbons (Fsp3) is 0.944. The maximum absolute atomic E-state index is 12.2. The Bertz CT molecular complexity index is 557. The van der Waals surface area contributed by atoms with Gasteiger partial charge in [0.25, 0.3) is 0 Å². The number of aliphatic carboxylic acids is 1. The Morgan fingerprint density at radius 2 is 0.850 bits per heavy atom. The number of carboxylic acid groups (broad SMARTS) is 1. The van der Waals surface area contributed by atoms with Crippen molar-refractivity contribution in [3.05, 3.63) is 0 Å². The molecule has 0 radical (unpaired) electrons. The van der Waals surface area contributed by atoms with Gasteiger partial charge in [-0.25, -0.2) is 0 Å². The summed E-state index contributed by atoms with van der Waals surface area (Å²) in [6.45, 7) is 9.80. The normalized spacial score (nSPS) is 12.3. The number of carbonyl (C=O) groups is 2.